The molecule has 0 spiro atoms. The van der Waals surface area contributed by atoms with Crippen molar-refractivity contribution >= 4 is 33.7 Å². The predicted octanol–water partition coefficient (Wildman–Crippen LogP) is 5.29. The van der Waals surface area contributed by atoms with Gasteiger partial charge in [-0.2, -0.15) is 5.10 Å². The molecule has 3 aromatic rings. The van der Waals surface area contributed by atoms with Crippen molar-refractivity contribution in [1.29, 1.82) is 0 Å². The first-order chi connectivity index (χ1) is 14.2. The summed E-state index contributed by atoms with van der Waals surface area (Å²) >= 11 is 1.35. The Kier molecular flexibility index (Phi) is 4.91. The van der Waals surface area contributed by atoms with Crippen molar-refractivity contribution in [3.8, 4) is 11.6 Å². The molecule has 0 unspecified atom stereocenters. The van der Waals surface area contributed by atoms with Crippen LogP contribution in [0.2, 0.25) is 0 Å². The normalized spacial score (nSPS) is 18.4. The number of thioether (sulfide) groups is 1. The van der Waals surface area contributed by atoms with Gasteiger partial charge in [0.1, 0.15) is 0 Å². The average Bonchev–Trinajstić information content (AvgIpc) is 3.38. The second kappa shape index (κ2) is 7.71. The maximum absolute atomic E-state index is 12.4. The number of aryl methyl sites for hydroxylation is 1. The summed E-state index contributed by atoms with van der Waals surface area (Å²) in [6.45, 7) is 0.740. The number of nitrogens with zero attached hydrogens (tertiary/aromatic N) is 4. The van der Waals surface area contributed by atoms with Gasteiger partial charge < -0.3 is 8.98 Å². The van der Waals surface area contributed by atoms with E-state index < -0.39 is 0 Å². The van der Waals surface area contributed by atoms with E-state index in [-0.39, 0.29) is 5.24 Å². The van der Waals surface area contributed by atoms with Crippen LogP contribution in [-0.2, 0) is 7.05 Å². The van der Waals surface area contributed by atoms with Crippen LogP contribution in [0.1, 0.15) is 37.7 Å². The van der Waals surface area contributed by atoms with Crippen LogP contribution in [0.15, 0.2) is 46.1 Å². The summed E-state index contributed by atoms with van der Waals surface area (Å²) in [5.74, 6) is 2.73. The van der Waals surface area contributed by atoms with Crippen LogP contribution in [0.3, 0.4) is 0 Å². The van der Waals surface area contributed by atoms with E-state index >= 15 is 0 Å². The summed E-state index contributed by atoms with van der Waals surface area (Å²) in [6, 6.07) is 9.99. The zero-order valence-corrected chi connectivity index (χ0v) is 17.3. The Bertz CT molecular complexity index is 1060. The van der Waals surface area contributed by atoms with Crippen molar-refractivity contribution in [2.45, 2.75) is 32.1 Å². The van der Waals surface area contributed by atoms with Gasteiger partial charge in [-0.05, 0) is 43.0 Å². The molecule has 0 N–H and O–H groups in total. The number of carbonyl (C=O) groups is 1. The molecular formula is C22H24N4O2S. The minimum absolute atomic E-state index is 0.0679. The fourth-order valence-electron chi connectivity index (χ4n) is 4.30. The lowest BCUT2D eigenvalue weighted by atomic mass is 9.89. The van der Waals surface area contributed by atoms with Gasteiger partial charge in [0.2, 0.25) is 0 Å². The molecule has 0 radical (unpaired) electrons. The van der Waals surface area contributed by atoms with Crippen molar-refractivity contribution < 1.29 is 9.21 Å². The Balaban J connectivity index is 1.44. The van der Waals surface area contributed by atoms with Gasteiger partial charge in [-0.3, -0.25) is 4.79 Å². The van der Waals surface area contributed by atoms with Gasteiger partial charge >= 0.3 is 5.24 Å². The number of hydrogen-bond donors (Lipinski definition) is 0. The van der Waals surface area contributed by atoms with Crippen molar-refractivity contribution in [3.63, 3.8) is 0 Å². The monoisotopic (exact) mass is 408 g/mol. The average molecular weight is 409 g/mol. The molecule has 3 heterocycles. The van der Waals surface area contributed by atoms with Gasteiger partial charge in [0.15, 0.2) is 11.6 Å². The number of benzene rings is 1. The highest BCUT2D eigenvalue weighted by Crippen LogP contribution is 2.29. The molecule has 2 aromatic heterocycles. The van der Waals surface area contributed by atoms with Gasteiger partial charge in [-0.25, -0.2) is 9.99 Å². The molecule has 5 rings (SSSR count). The van der Waals surface area contributed by atoms with E-state index in [0.717, 1.165) is 40.4 Å². The van der Waals surface area contributed by atoms with Crippen LogP contribution >= 0.6 is 11.8 Å². The molecule has 6 nitrogen and oxygen atoms in total. The summed E-state index contributed by atoms with van der Waals surface area (Å²) in [5.41, 5.74) is 3.91. The van der Waals surface area contributed by atoms with Gasteiger partial charge in [0.25, 0.3) is 0 Å². The van der Waals surface area contributed by atoms with Crippen molar-refractivity contribution in [2.24, 2.45) is 18.1 Å². The smallest absolute Gasteiger partial charge is 0.302 e. The number of rotatable bonds is 4. The third-order valence-electron chi connectivity index (χ3n) is 5.90. The molecule has 1 amide bonds. The molecular weight excluding hydrogens is 384 g/mol. The van der Waals surface area contributed by atoms with E-state index in [1.54, 1.807) is 11.3 Å². The highest BCUT2D eigenvalue weighted by Gasteiger charge is 2.26. The lowest BCUT2D eigenvalue weighted by Crippen LogP contribution is -2.34. The van der Waals surface area contributed by atoms with Crippen molar-refractivity contribution in [3.05, 3.63) is 42.2 Å². The first-order valence-corrected chi connectivity index (χ1v) is 11.2. The highest BCUT2D eigenvalue weighted by molar-refractivity contribution is 8.14. The van der Waals surface area contributed by atoms with Crippen LogP contribution in [-0.4, -0.2) is 37.8 Å². The number of hydrazone groups is 1. The van der Waals surface area contributed by atoms with E-state index in [1.807, 2.05) is 23.7 Å². The fraction of sp³-hybridized carbons (Fsp3) is 0.409. The molecule has 0 atom stereocenters. The number of aromatic nitrogens is 2. The van der Waals surface area contributed by atoms with Crippen LogP contribution < -0.4 is 0 Å². The fourth-order valence-corrected chi connectivity index (χ4v) is 5.05. The minimum Gasteiger partial charge on any atom is -0.461 e. The molecule has 1 saturated carbocycles. The molecule has 1 fully saturated rings. The molecule has 1 aliphatic heterocycles. The first kappa shape index (κ1) is 18.5. The quantitative estimate of drug-likeness (QED) is 0.589. The molecule has 0 saturated heterocycles. The SMILES string of the molecule is Cn1c(-c2ccco2)nc2cc(C3=NN(CC4CCCCC4)C(=O)SC3)ccc21. The number of hydrogen-bond acceptors (Lipinski definition) is 5. The van der Waals surface area contributed by atoms with Crippen molar-refractivity contribution in [2.75, 3.05) is 12.3 Å². The standard InChI is InChI=1S/C22H24N4O2S/c1-25-19-10-9-16(12-17(19)23-21(25)20-8-5-11-28-20)18-14-29-22(27)26(24-18)13-15-6-3-2-4-7-15/h5,8-12,15H,2-4,6-7,13-14H2,1H3. The molecule has 29 heavy (non-hydrogen) atoms. The predicted molar refractivity (Wildman–Crippen MR) is 116 cm³/mol. The molecule has 2 aliphatic rings. The Morgan fingerprint density at radius 1 is 1.21 bits per heavy atom. The van der Waals surface area contributed by atoms with E-state index in [4.69, 9.17) is 14.5 Å². The summed E-state index contributed by atoms with van der Waals surface area (Å²) in [7, 11) is 1.99. The van der Waals surface area contributed by atoms with Gasteiger partial charge in [0, 0.05) is 24.9 Å². The minimum atomic E-state index is 0.0679. The van der Waals surface area contributed by atoms with Gasteiger partial charge in [-0.1, -0.05) is 37.1 Å². The maximum Gasteiger partial charge on any atom is 0.302 e. The van der Waals surface area contributed by atoms with Crippen LogP contribution in [0.25, 0.3) is 22.6 Å². The number of imidazole rings is 1. The molecule has 150 valence electrons. The maximum atomic E-state index is 12.4. The number of fused-ring (bicyclic) bond motifs is 1. The lowest BCUT2D eigenvalue weighted by molar-refractivity contribution is 0.203. The number of furan rings is 1. The van der Waals surface area contributed by atoms with Crippen LogP contribution in [0.4, 0.5) is 4.79 Å². The number of amides is 1. The summed E-state index contributed by atoms with van der Waals surface area (Å²) in [6.07, 6.45) is 7.92. The number of carbonyl (C=O) groups excluding carboxylic acids is 1. The molecule has 1 aliphatic carbocycles. The molecule has 0 bridgehead atoms. The second-order valence-corrected chi connectivity index (χ2v) is 8.79. The van der Waals surface area contributed by atoms with E-state index in [0.29, 0.717) is 11.7 Å². The van der Waals surface area contributed by atoms with Gasteiger partial charge in [-0.15, -0.1) is 0 Å². The summed E-state index contributed by atoms with van der Waals surface area (Å²) in [5, 5.41) is 6.50. The van der Waals surface area contributed by atoms with E-state index in [9.17, 15) is 4.79 Å². The van der Waals surface area contributed by atoms with Gasteiger partial charge in [0.05, 0.1) is 23.0 Å². The van der Waals surface area contributed by atoms with Crippen LogP contribution in [0.5, 0.6) is 0 Å². The summed E-state index contributed by atoms with van der Waals surface area (Å²) < 4.78 is 7.56. The van der Waals surface area contributed by atoms with E-state index in [2.05, 4.69) is 18.2 Å². The Labute approximate surface area is 174 Å². The third-order valence-corrected chi connectivity index (χ3v) is 6.77. The highest BCUT2D eigenvalue weighted by atomic mass is 32.2. The topological polar surface area (TPSA) is 63.6 Å². The second-order valence-electron chi connectivity index (χ2n) is 7.86. The van der Waals surface area contributed by atoms with E-state index in [1.165, 1.54) is 43.9 Å². The Hall–Kier alpha value is -2.54. The zero-order valence-electron chi connectivity index (χ0n) is 16.5. The first-order valence-electron chi connectivity index (χ1n) is 10.2. The molecule has 1 aromatic carbocycles. The van der Waals surface area contributed by atoms with Crippen molar-refractivity contribution in [1.82, 2.24) is 14.6 Å². The van der Waals surface area contributed by atoms with Crippen LogP contribution in [0, 0.1) is 5.92 Å². The lowest BCUT2D eigenvalue weighted by Gasteiger charge is -2.29. The molecule has 7 heteroatoms. The Morgan fingerprint density at radius 2 is 2.07 bits per heavy atom. The Morgan fingerprint density at radius 3 is 2.86 bits per heavy atom. The third kappa shape index (κ3) is 3.59. The largest absolute Gasteiger partial charge is 0.461 e. The summed E-state index contributed by atoms with van der Waals surface area (Å²) in [4.78, 5) is 17.2. The zero-order chi connectivity index (χ0) is 19.8.